The van der Waals surface area contributed by atoms with Gasteiger partial charge in [0.05, 0.1) is 17.7 Å². The first-order valence-corrected chi connectivity index (χ1v) is 10.1. The number of esters is 1. The van der Waals surface area contributed by atoms with Crippen LogP contribution in [0.1, 0.15) is 18.5 Å². The summed E-state index contributed by atoms with van der Waals surface area (Å²) in [5, 5.41) is 3.72. The summed E-state index contributed by atoms with van der Waals surface area (Å²) in [5.74, 6) is -2.22. The summed E-state index contributed by atoms with van der Waals surface area (Å²) in [6.07, 6.45) is 1.91. The van der Waals surface area contributed by atoms with Gasteiger partial charge in [0.2, 0.25) is 10.0 Å². The van der Waals surface area contributed by atoms with E-state index in [0.29, 0.717) is 12.8 Å². The van der Waals surface area contributed by atoms with Crippen molar-refractivity contribution < 1.29 is 31.3 Å². The molecule has 0 unspecified atom stereocenters. The summed E-state index contributed by atoms with van der Waals surface area (Å²) in [7, 11) is -3.26. The van der Waals surface area contributed by atoms with Crippen molar-refractivity contribution in [3.05, 3.63) is 41.6 Å². The lowest BCUT2D eigenvalue weighted by Gasteiger charge is -2.28. The first kappa shape index (κ1) is 19.4. The second kappa shape index (κ2) is 7.73. The highest BCUT2D eigenvalue weighted by Gasteiger charge is 2.30. The number of benzene rings is 1. The second-order valence-corrected chi connectivity index (χ2v) is 8.33. The molecule has 0 bridgehead atoms. The van der Waals surface area contributed by atoms with E-state index in [4.69, 9.17) is 9.26 Å². The molecule has 10 heteroatoms. The Hall–Kier alpha value is -2.33. The summed E-state index contributed by atoms with van der Waals surface area (Å²) in [6, 6.07) is 4.48. The third-order valence-corrected chi connectivity index (χ3v) is 5.68. The number of aromatic nitrogens is 1. The Morgan fingerprint density at radius 1 is 1.30 bits per heavy atom. The van der Waals surface area contributed by atoms with E-state index in [1.54, 1.807) is 0 Å². The van der Waals surface area contributed by atoms with Crippen LogP contribution < -0.4 is 0 Å². The van der Waals surface area contributed by atoms with Gasteiger partial charge in [0.1, 0.15) is 23.9 Å². The first-order chi connectivity index (χ1) is 12.7. The van der Waals surface area contributed by atoms with Crippen LogP contribution in [-0.2, 0) is 26.2 Å². The minimum absolute atomic E-state index is 0.0506. The highest BCUT2D eigenvalue weighted by Crippen LogP contribution is 2.25. The molecule has 3 rings (SSSR count). The van der Waals surface area contributed by atoms with Crippen molar-refractivity contribution in [3.8, 4) is 11.3 Å². The summed E-state index contributed by atoms with van der Waals surface area (Å²) in [4.78, 5) is 12.1. The van der Waals surface area contributed by atoms with Crippen LogP contribution in [0.25, 0.3) is 11.3 Å². The topological polar surface area (TPSA) is 89.7 Å². The number of nitrogens with zero attached hydrogens (tertiary/aromatic N) is 2. The monoisotopic (exact) mass is 400 g/mol. The zero-order valence-electron chi connectivity index (χ0n) is 14.5. The Balaban J connectivity index is 1.55. The Morgan fingerprint density at radius 3 is 2.63 bits per heavy atom. The molecule has 7 nitrogen and oxygen atoms in total. The molecule has 0 aliphatic carbocycles. The van der Waals surface area contributed by atoms with Gasteiger partial charge in [-0.05, 0) is 25.0 Å². The van der Waals surface area contributed by atoms with Crippen LogP contribution in [0.15, 0.2) is 28.8 Å². The zero-order valence-corrected chi connectivity index (χ0v) is 15.3. The molecule has 1 aliphatic heterocycles. The van der Waals surface area contributed by atoms with Gasteiger partial charge in [-0.3, -0.25) is 4.79 Å². The van der Waals surface area contributed by atoms with Crippen molar-refractivity contribution in [1.29, 1.82) is 0 Å². The average molecular weight is 400 g/mol. The number of sulfonamides is 1. The van der Waals surface area contributed by atoms with Gasteiger partial charge < -0.3 is 9.26 Å². The highest BCUT2D eigenvalue weighted by atomic mass is 32.2. The summed E-state index contributed by atoms with van der Waals surface area (Å²) < 4.78 is 61.2. The number of halogens is 2. The molecule has 0 N–H and O–H groups in total. The van der Waals surface area contributed by atoms with Gasteiger partial charge in [-0.25, -0.2) is 21.5 Å². The molecular formula is C17H18F2N2O5S. The molecule has 0 saturated carbocycles. The maximum absolute atomic E-state index is 13.8. The summed E-state index contributed by atoms with van der Waals surface area (Å²) in [5.41, 5.74) is 0.338. The SMILES string of the molecule is CS(=O)(=O)N1CCC(C(=O)OCc2cc(-c3ccc(F)cc3F)on2)CC1. The molecule has 1 saturated heterocycles. The minimum atomic E-state index is -3.26. The lowest BCUT2D eigenvalue weighted by Crippen LogP contribution is -2.40. The van der Waals surface area contributed by atoms with Gasteiger partial charge in [0, 0.05) is 25.2 Å². The molecule has 27 heavy (non-hydrogen) atoms. The third-order valence-electron chi connectivity index (χ3n) is 4.37. The molecule has 2 heterocycles. The maximum Gasteiger partial charge on any atom is 0.309 e. The number of carbonyl (C=O) groups excluding carboxylic acids is 1. The van der Waals surface area contributed by atoms with Crippen molar-refractivity contribution in [2.24, 2.45) is 5.92 Å². The molecular weight excluding hydrogens is 382 g/mol. The fourth-order valence-electron chi connectivity index (χ4n) is 2.88. The van der Waals surface area contributed by atoms with E-state index in [2.05, 4.69) is 5.16 Å². The number of rotatable bonds is 5. The number of ether oxygens (including phenoxy) is 1. The van der Waals surface area contributed by atoms with E-state index >= 15 is 0 Å². The van der Waals surface area contributed by atoms with Crippen molar-refractivity contribution in [2.45, 2.75) is 19.4 Å². The molecule has 1 aliphatic rings. The largest absolute Gasteiger partial charge is 0.459 e. The minimum Gasteiger partial charge on any atom is -0.459 e. The Labute approximate surface area is 154 Å². The van der Waals surface area contributed by atoms with Gasteiger partial charge in [0.25, 0.3) is 0 Å². The molecule has 146 valence electrons. The molecule has 0 radical (unpaired) electrons. The third kappa shape index (κ3) is 4.69. The maximum atomic E-state index is 13.8. The number of carbonyl (C=O) groups is 1. The van der Waals surface area contributed by atoms with Gasteiger partial charge >= 0.3 is 5.97 Å². The molecule has 0 amide bonds. The van der Waals surface area contributed by atoms with Crippen LogP contribution in [0.4, 0.5) is 8.78 Å². The van der Waals surface area contributed by atoms with Gasteiger partial charge in [-0.1, -0.05) is 5.16 Å². The van der Waals surface area contributed by atoms with E-state index in [1.165, 1.54) is 16.4 Å². The van der Waals surface area contributed by atoms with Gasteiger partial charge in [-0.2, -0.15) is 0 Å². The second-order valence-electron chi connectivity index (χ2n) is 6.35. The van der Waals surface area contributed by atoms with Crippen LogP contribution in [0, 0.1) is 17.6 Å². The van der Waals surface area contributed by atoms with Crippen LogP contribution in [0.5, 0.6) is 0 Å². The lowest BCUT2D eigenvalue weighted by molar-refractivity contribution is -0.151. The first-order valence-electron chi connectivity index (χ1n) is 8.27. The predicted molar refractivity (Wildman–Crippen MR) is 90.8 cm³/mol. The number of hydrogen-bond donors (Lipinski definition) is 0. The van der Waals surface area contributed by atoms with E-state index in [-0.39, 0.29) is 42.6 Å². The predicted octanol–water partition coefficient (Wildman–Crippen LogP) is 2.33. The fraction of sp³-hybridized carbons (Fsp3) is 0.412. The Morgan fingerprint density at radius 2 is 2.00 bits per heavy atom. The lowest BCUT2D eigenvalue weighted by atomic mass is 9.98. The average Bonchev–Trinajstić information content (AvgIpc) is 3.07. The molecule has 1 aromatic heterocycles. The fourth-order valence-corrected chi connectivity index (χ4v) is 3.76. The molecule has 1 fully saturated rings. The quantitative estimate of drug-likeness (QED) is 0.716. The number of hydrogen-bond acceptors (Lipinski definition) is 6. The Bertz CT molecular complexity index is 937. The number of piperidine rings is 1. The van der Waals surface area contributed by atoms with E-state index in [0.717, 1.165) is 18.4 Å². The van der Waals surface area contributed by atoms with E-state index in [1.807, 2.05) is 0 Å². The highest BCUT2D eigenvalue weighted by molar-refractivity contribution is 7.88. The van der Waals surface area contributed by atoms with Gasteiger partial charge in [0.15, 0.2) is 5.76 Å². The van der Waals surface area contributed by atoms with Crippen LogP contribution in [0.3, 0.4) is 0 Å². The zero-order chi connectivity index (χ0) is 19.6. The standard InChI is InChI=1S/C17H18F2N2O5S/c1-27(23,24)21-6-4-11(5-7-21)17(22)25-10-13-9-16(26-20-13)14-3-2-12(18)8-15(14)19/h2-3,8-9,11H,4-7,10H2,1H3. The smallest absolute Gasteiger partial charge is 0.309 e. The van der Waals surface area contributed by atoms with Crippen LogP contribution >= 0.6 is 0 Å². The van der Waals surface area contributed by atoms with E-state index in [9.17, 15) is 22.0 Å². The molecule has 1 aromatic carbocycles. The van der Waals surface area contributed by atoms with Crippen LogP contribution in [0.2, 0.25) is 0 Å². The summed E-state index contributed by atoms with van der Waals surface area (Å²) >= 11 is 0. The van der Waals surface area contributed by atoms with E-state index < -0.39 is 27.6 Å². The molecule has 2 aromatic rings. The normalized spacial score (nSPS) is 16.4. The van der Waals surface area contributed by atoms with Gasteiger partial charge in [-0.15, -0.1) is 0 Å². The van der Waals surface area contributed by atoms with Crippen molar-refractivity contribution in [1.82, 2.24) is 9.46 Å². The van der Waals surface area contributed by atoms with Crippen molar-refractivity contribution >= 4 is 16.0 Å². The Kier molecular flexibility index (Phi) is 5.56. The van der Waals surface area contributed by atoms with Crippen LogP contribution in [-0.4, -0.2) is 43.2 Å². The summed E-state index contributed by atoms with van der Waals surface area (Å²) in [6.45, 7) is 0.393. The van der Waals surface area contributed by atoms with Crippen molar-refractivity contribution in [2.75, 3.05) is 19.3 Å². The van der Waals surface area contributed by atoms with Crippen molar-refractivity contribution in [3.63, 3.8) is 0 Å². The molecule has 0 spiro atoms. The molecule has 0 atom stereocenters.